The zero-order valence-corrected chi connectivity index (χ0v) is 14.1. The molecule has 0 fully saturated rings. The van der Waals surface area contributed by atoms with Gasteiger partial charge in [0.25, 0.3) is 0 Å². The molecule has 0 radical (unpaired) electrons. The zero-order chi connectivity index (χ0) is 16.4. The van der Waals surface area contributed by atoms with Crippen LogP contribution in [0, 0.1) is 6.92 Å². The van der Waals surface area contributed by atoms with E-state index in [1.807, 2.05) is 25.1 Å². The first-order chi connectivity index (χ1) is 11.1. The number of methoxy groups -OCH3 is 1. The molecule has 0 unspecified atom stereocenters. The lowest BCUT2D eigenvalue weighted by atomic mass is 10.2. The van der Waals surface area contributed by atoms with Gasteiger partial charge in [-0.1, -0.05) is 29.0 Å². The number of nitrogens with one attached hydrogen (secondary N) is 2. The van der Waals surface area contributed by atoms with Crippen molar-refractivity contribution < 1.29 is 9.53 Å². The number of hydrogen-bond acceptors (Lipinski definition) is 4. The average Bonchev–Trinajstić information content (AvgIpc) is 2.94. The molecule has 0 atom stereocenters. The highest BCUT2D eigenvalue weighted by Gasteiger charge is 2.11. The molecule has 0 aliphatic heterocycles. The molecule has 5 nitrogen and oxygen atoms in total. The Morgan fingerprint density at radius 1 is 1.26 bits per heavy atom. The van der Waals surface area contributed by atoms with Crippen LogP contribution < -0.4 is 15.4 Å². The number of rotatable bonds is 3. The van der Waals surface area contributed by atoms with Crippen molar-refractivity contribution in [2.75, 3.05) is 17.7 Å². The molecule has 1 aromatic heterocycles. The van der Waals surface area contributed by atoms with Crippen molar-refractivity contribution in [3.63, 3.8) is 0 Å². The van der Waals surface area contributed by atoms with Crippen LogP contribution in [0.3, 0.4) is 0 Å². The van der Waals surface area contributed by atoms with Gasteiger partial charge in [0.15, 0.2) is 5.13 Å². The Balaban J connectivity index is 1.76. The molecule has 0 saturated carbocycles. The quantitative estimate of drug-likeness (QED) is 0.707. The van der Waals surface area contributed by atoms with E-state index in [1.54, 1.807) is 25.3 Å². The Labute approximate surface area is 142 Å². The summed E-state index contributed by atoms with van der Waals surface area (Å²) in [5, 5.41) is 6.66. The molecule has 2 amide bonds. The summed E-state index contributed by atoms with van der Waals surface area (Å²) in [6, 6.07) is 10.5. The van der Waals surface area contributed by atoms with Gasteiger partial charge in [-0.3, -0.25) is 5.32 Å². The van der Waals surface area contributed by atoms with Crippen LogP contribution in [0.2, 0.25) is 5.02 Å². The summed E-state index contributed by atoms with van der Waals surface area (Å²) in [6.07, 6.45) is 0. The van der Waals surface area contributed by atoms with Crippen LogP contribution in [-0.4, -0.2) is 18.1 Å². The fraction of sp³-hybridized carbons (Fsp3) is 0.125. The van der Waals surface area contributed by atoms with Gasteiger partial charge < -0.3 is 10.1 Å². The number of amides is 2. The standard InChI is InChI=1S/C16H14ClN3O2S/c1-9-12(17)6-7-13-14(9)19-16(23-13)20-15(21)18-10-4-3-5-11(8-10)22-2/h3-8H,1-2H3,(H2,18,19,20,21). The number of benzene rings is 2. The Kier molecular flexibility index (Phi) is 4.36. The number of hydrogen-bond donors (Lipinski definition) is 2. The first-order valence-corrected chi connectivity index (χ1v) is 8.04. The van der Waals surface area contributed by atoms with E-state index in [-0.39, 0.29) is 6.03 Å². The maximum Gasteiger partial charge on any atom is 0.325 e. The van der Waals surface area contributed by atoms with E-state index in [9.17, 15) is 4.79 Å². The largest absolute Gasteiger partial charge is 0.497 e. The SMILES string of the molecule is COc1cccc(NC(=O)Nc2nc3c(C)c(Cl)ccc3s2)c1. The Hall–Kier alpha value is -2.31. The lowest BCUT2D eigenvalue weighted by Gasteiger charge is -2.06. The number of fused-ring (bicyclic) bond motifs is 1. The first kappa shape index (κ1) is 15.6. The molecule has 2 N–H and O–H groups in total. The van der Waals surface area contributed by atoms with Crippen molar-refractivity contribution in [2.45, 2.75) is 6.92 Å². The number of ether oxygens (including phenoxy) is 1. The zero-order valence-electron chi connectivity index (χ0n) is 12.5. The molecule has 118 valence electrons. The van der Waals surface area contributed by atoms with E-state index in [1.165, 1.54) is 11.3 Å². The van der Waals surface area contributed by atoms with Crippen molar-refractivity contribution in [2.24, 2.45) is 0 Å². The maximum atomic E-state index is 12.1. The lowest BCUT2D eigenvalue weighted by molar-refractivity contribution is 0.262. The van der Waals surface area contributed by atoms with Gasteiger partial charge in [0.05, 0.1) is 17.3 Å². The molecule has 0 saturated heterocycles. The van der Waals surface area contributed by atoms with Gasteiger partial charge in [-0.25, -0.2) is 9.78 Å². The van der Waals surface area contributed by atoms with Crippen LogP contribution in [0.1, 0.15) is 5.56 Å². The number of aromatic nitrogens is 1. The number of urea groups is 1. The predicted octanol–water partition coefficient (Wildman–Crippen LogP) is 4.91. The second-order valence-corrected chi connectivity index (χ2v) is 6.29. The third-order valence-electron chi connectivity index (χ3n) is 3.30. The van der Waals surface area contributed by atoms with Gasteiger partial charge in [0, 0.05) is 16.8 Å². The van der Waals surface area contributed by atoms with Crippen molar-refractivity contribution in [1.29, 1.82) is 0 Å². The van der Waals surface area contributed by atoms with Crippen molar-refractivity contribution in [1.82, 2.24) is 4.98 Å². The third-order valence-corrected chi connectivity index (χ3v) is 4.64. The van der Waals surface area contributed by atoms with E-state index in [0.717, 1.165) is 15.8 Å². The van der Waals surface area contributed by atoms with E-state index in [4.69, 9.17) is 16.3 Å². The van der Waals surface area contributed by atoms with Gasteiger partial charge >= 0.3 is 6.03 Å². The minimum Gasteiger partial charge on any atom is -0.497 e. The van der Waals surface area contributed by atoms with Crippen LogP contribution in [0.5, 0.6) is 5.75 Å². The van der Waals surface area contributed by atoms with Crippen LogP contribution >= 0.6 is 22.9 Å². The van der Waals surface area contributed by atoms with E-state index < -0.39 is 0 Å². The normalized spacial score (nSPS) is 10.6. The van der Waals surface area contributed by atoms with E-state index >= 15 is 0 Å². The number of halogens is 1. The minimum atomic E-state index is -0.360. The molecule has 1 heterocycles. The highest BCUT2D eigenvalue weighted by Crippen LogP contribution is 2.31. The van der Waals surface area contributed by atoms with Gasteiger partial charge in [-0.15, -0.1) is 0 Å². The Morgan fingerprint density at radius 3 is 2.87 bits per heavy atom. The fourth-order valence-corrected chi connectivity index (χ4v) is 3.19. The maximum absolute atomic E-state index is 12.1. The first-order valence-electron chi connectivity index (χ1n) is 6.84. The van der Waals surface area contributed by atoms with E-state index in [0.29, 0.717) is 21.6 Å². The third kappa shape index (κ3) is 3.38. The summed E-state index contributed by atoms with van der Waals surface area (Å²) in [5.74, 6) is 0.674. The van der Waals surface area contributed by atoms with Crippen molar-refractivity contribution in [3.05, 3.63) is 47.0 Å². The van der Waals surface area contributed by atoms with Gasteiger partial charge in [0.1, 0.15) is 5.75 Å². The van der Waals surface area contributed by atoms with Crippen molar-refractivity contribution in [3.8, 4) is 5.75 Å². The van der Waals surface area contributed by atoms with Crippen molar-refractivity contribution >= 4 is 50.0 Å². The molecule has 0 aliphatic rings. The molecule has 23 heavy (non-hydrogen) atoms. The van der Waals surface area contributed by atoms with Crippen LogP contribution in [0.4, 0.5) is 15.6 Å². The van der Waals surface area contributed by atoms with Gasteiger partial charge in [0.2, 0.25) is 0 Å². The Bertz CT molecular complexity index is 879. The van der Waals surface area contributed by atoms with Gasteiger partial charge in [-0.2, -0.15) is 0 Å². The molecule has 0 spiro atoms. The average molecular weight is 348 g/mol. The van der Waals surface area contributed by atoms with Crippen LogP contribution in [0.15, 0.2) is 36.4 Å². The number of anilines is 2. The Morgan fingerprint density at radius 2 is 2.09 bits per heavy atom. The molecule has 0 aliphatic carbocycles. The molecule has 3 rings (SSSR count). The van der Waals surface area contributed by atoms with E-state index in [2.05, 4.69) is 15.6 Å². The predicted molar refractivity (Wildman–Crippen MR) is 95.0 cm³/mol. The molecular formula is C16H14ClN3O2S. The smallest absolute Gasteiger partial charge is 0.325 e. The monoisotopic (exact) mass is 347 g/mol. The highest BCUT2D eigenvalue weighted by atomic mass is 35.5. The molecule has 0 bridgehead atoms. The second kappa shape index (κ2) is 6.44. The molecular weight excluding hydrogens is 334 g/mol. The molecule has 2 aromatic carbocycles. The second-order valence-electron chi connectivity index (χ2n) is 4.85. The number of aryl methyl sites for hydroxylation is 1. The van der Waals surface area contributed by atoms with Crippen LogP contribution in [0.25, 0.3) is 10.2 Å². The van der Waals surface area contributed by atoms with Crippen LogP contribution in [-0.2, 0) is 0 Å². The molecule has 3 aromatic rings. The number of carbonyl (C=O) groups is 1. The number of carbonyl (C=O) groups excluding carboxylic acids is 1. The summed E-state index contributed by atoms with van der Waals surface area (Å²) >= 11 is 7.49. The summed E-state index contributed by atoms with van der Waals surface area (Å²) in [5.41, 5.74) is 2.35. The summed E-state index contributed by atoms with van der Waals surface area (Å²) in [6.45, 7) is 1.91. The number of nitrogens with zero attached hydrogens (tertiary/aromatic N) is 1. The number of thiazole rings is 1. The lowest BCUT2D eigenvalue weighted by Crippen LogP contribution is -2.19. The molecule has 7 heteroatoms. The minimum absolute atomic E-state index is 0.360. The summed E-state index contributed by atoms with van der Waals surface area (Å²) < 4.78 is 6.10. The van der Waals surface area contributed by atoms with Gasteiger partial charge in [-0.05, 0) is 36.8 Å². The topological polar surface area (TPSA) is 63.2 Å². The summed E-state index contributed by atoms with van der Waals surface area (Å²) in [4.78, 5) is 16.5. The summed E-state index contributed by atoms with van der Waals surface area (Å²) in [7, 11) is 1.58. The highest BCUT2D eigenvalue weighted by molar-refractivity contribution is 7.22. The fourth-order valence-electron chi connectivity index (χ4n) is 2.11.